The van der Waals surface area contributed by atoms with Crippen LogP contribution < -0.4 is 10.0 Å². The predicted octanol–water partition coefficient (Wildman–Crippen LogP) is 2.74. The summed E-state index contributed by atoms with van der Waals surface area (Å²) in [6.45, 7) is 4.44. The van der Waals surface area contributed by atoms with Crippen LogP contribution in [-0.4, -0.2) is 26.8 Å². The Morgan fingerprint density at radius 2 is 1.75 bits per heavy atom. The molecule has 0 aliphatic rings. The molecule has 0 saturated heterocycles. The van der Waals surface area contributed by atoms with E-state index in [-0.39, 0.29) is 5.82 Å². The van der Waals surface area contributed by atoms with Crippen LogP contribution in [0.5, 0.6) is 0 Å². The number of benzene rings is 1. The predicted molar refractivity (Wildman–Crippen MR) is 80.8 cm³/mol. The molecule has 0 heterocycles. The summed E-state index contributed by atoms with van der Waals surface area (Å²) in [6, 6.07) is 6.56. The van der Waals surface area contributed by atoms with Crippen LogP contribution in [0.3, 0.4) is 0 Å². The fraction of sp³-hybridized carbons (Fsp3) is 0.571. The Morgan fingerprint density at radius 1 is 1.10 bits per heavy atom. The van der Waals surface area contributed by atoms with Gasteiger partial charge in [-0.1, -0.05) is 18.6 Å². The molecule has 114 valence electrons. The van der Waals surface area contributed by atoms with Gasteiger partial charge in [0, 0.05) is 13.1 Å². The average molecular weight is 302 g/mol. The number of rotatable bonds is 9. The van der Waals surface area contributed by atoms with E-state index in [4.69, 9.17) is 0 Å². The lowest BCUT2D eigenvalue weighted by Crippen LogP contribution is -2.31. The molecule has 0 unspecified atom stereocenters. The molecule has 6 heteroatoms. The maximum Gasteiger partial charge on any atom is 0.213 e. The van der Waals surface area contributed by atoms with Crippen LogP contribution in [0.15, 0.2) is 24.3 Å². The summed E-state index contributed by atoms with van der Waals surface area (Å²) in [5.74, 6) is -0.253. The Hall–Kier alpha value is -1.14. The van der Waals surface area contributed by atoms with Crippen molar-refractivity contribution in [3.63, 3.8) is 0 Å². The van der Waals surface area contributed by atoms with E-state index in [1.807, 2.05) is 0 Å². The number of halogens is 1. The molecule has 0 bridgehead atoms. The second kappa shape index (κ2) is 8.21. The number of anilines is 1. The lowest BCUT2D eigenvalue weighted by atomic mass is 10.2. The Balaban J connectivity index is 2.10. The van der Waals surface area contributed by atoms with Gasteiger partial charge >= 0.3 is 0 Å². The topological polar surface area (TPSA) is 58.2 Å². The van der Waals surface area contributed by atoms with E-state index in [1.54, 1.807) is 32.0 Å². The van der Waals surface area contributed by atoms with Crippen LogP contribution in [0.4, 0.5) is 10.1 Å². The Kier molecular flexibility index (Phi) is 6.95. The monoisotopic (exact) mass is 302 g/mol. The smallest absolute Gasteiger partial charge is 0.213 e. The largest absolute Gasteiger partial charge is 0.383 e. The van der Waals surface area contributed by atoms with E-state index in [0.29, 0.717) is 18.8 Å². The molecule has 1 aromatic carbocycles. The highest BCUT2D eigenvalue weighted by molar-refractivity contribution is 7.90. The molecule has 0 atom stereocenters. The van der Waals surface area contributed by atoms with Crippen molar-refractivity contribution in [2.45, 2.75) is 38.4 Å². The molecule has 1 aromatic rings. The lowest BCUT2D eigenvalue weighted by Gasteiger charge is -2.09. The summed E-state index contributed by atoms with van der Waals surface area (Å²) in [5, 5.41) is 2.63. The minimum absolute atomic E-state index is 0.253. The molecular weight excluding hydrogens is 279 g/mol. The third-order valence-corrected chi connectivity index (χ3v) is 4.81. The van der Waals surface area contributed by atoms with Gasteiger partial charge in [-0.05, 0) is 38.8 Å². The van der Waals surface area contributed by atoms with E-state index in [0.717, 1.165) is 19.3 Å². The van der Waals surface area contributed by atoms with Crippen LogP contribution in [0, 0.1) is 5.82 Å². The summed E-state index contributed by atoms with van der Waals surface area (Å²) in [5.41, 5.74) is 0.507. The van der Waals surface area contributed by atoms with Crippen LogP contribution >= 0.6 is 0 Å². The van der Waals surface area contributed by atoms with Crippen LogP contribution in [0.25, 0.3) is 0 Å². The maximum absolute atomic E-state index is 13.3. The second-order valence-corrected chi connectivity index (χ2v) is 7.28. The van der Waals surface area contributed by atoms with Gasteiger partial charge < -0.3 is 5.32 Å². The molecule has 1 rings (SSSR count). The number of unbranched alkanes of at least 4 members (excludes halogenated alkanes) is 2. The van der Waals surface area contributed by atoms with Crippen molar-refractivity contribution in [1.82, 2.24) is 4.72 Å². The van der Waals surface area contributed by atoms with Gasteiger partial charge in [-0.15, -0.1) is 0 Å². The van der Waals surface area contributed by atoms with Gasteiger partial charge in [-0.3, -0.25) is 0 Å². The van der Waals surface area contributed by atoms with Gasteiger partial charge in [0.2, 0.25) is 10.0 Å². The van der Waals surface area contributed by atoms with Gasteiger partial charge in [0.15, 0.2) is 0 Å². The van der Waals surface area contributed by atoms with Crippen LogP contribution in [0.1, 0.15) is 33.1 Å². The van der Waals surface area contributed by atoms with Gasteiger partial charge in [-0.2, -0.15) is 0 Å². The first kappa shape index (κ1) is 16.9. The lowest BCUT2D eigenvalue weighted by molar-refractivity contribution is 0.566. The molecule has 0 aromatic heterocycles. The fourth-order valence-corrected chi connectivity index (χ4v) is 2.40. The molecule has 20 heavy (non-hydrogen) atoms. The van der Waals surface area contributed by atoms with Gasteiger partial charge in [-0.25, -0.2) is 17.5 Å². The second-order valence-electron chi connectivity index (χ2n) is 4.96. The van der Waals surface area contributed by atoms with Gasteiger partial charge in [0.05, 0.1) is 10.9 Å². The van der Waals surface area contributed by atoms with Crippen molar-refractivity contribution >= 4 is 15.7 Å². The third kappa shape index (κ3) is 5.88. The minimum atomic E-state index is -3.15. The Bertz CT molecular complexity index is 504. The molecule has 4 nitrogen and oxygen atoms in total. The van der Waals surface area contributed by atoms with Gasteiger partial charge in [0.1, 0.15) is 5.82 Å². The first-order chi connectivity index (χ1) is 9.43. The third-order valence-electron chi connectivity index (χ3n) is 2.97. The Labute approximate surface area is 120 Å². The number of hydrogen-bond acceptors (Lipinski definition) is 3. The van der Waals surface area contributed by atoms with E-state index in [2.05, 4.69) is 10.0 Å². The zero-order valence-corrected chi connectivity index (χ0v) is 12.8. The van der Waals surface area contributed by atoms with Crippen LogP contribution in [-0.2, 0) is 10.0 Å². The fourth-order valence-electron chi connectivity index (χ4n) is 1.64. The maximum atomic E-state index is 13.3. The van der Waals surface area contributed by atoms with E-state index < -0.39 is 15.3 Å². The number of sulfonamides is 1. The molecule has 0 radical (unpaired) electrons. The highest BCUT2D eigenvalue weighted by Gasteiger charge is 2.13. The molecule has 0 aliphatic carbocycles. The first-order valence-corrected chi connectivity index (χ1v) is 8.45. The zero-order chi connectivity index (χ0) is 15.0. The quantitative estimate of drug-likeness (QED) is 0.690. The van der Waals surface area contributed by atoms with Crippen LogP contribution in [0.2, 0.25) is 0 Å². The minimum Gasteiger partial charge on any atom is -0.383 e. The zero-order valence-electron chi connectivity index (χ0n) is 12.0. The SMILES string of the molecule is CC(C)S(=O)(=O)NCCCCCNc1ccccc1F. The van der Waals surface area contributed by atoms with E-state index in [1.165, 1.54) is 6.07 Å². The molecule has 0 saturated carbocycles. The van der Waals surface area contributed by atoms with Crippen molar-refractivity contribution in [2.75, 3.05) is 18.4 Å². The molecule has 0 spiro atoms. The molecule has 0 fully saturated rings. The molecule has 2 N–H and O–H groups in total. The van der Waals surface area contributed by atoms with E-state index in [9.17, 15) is 12.8 Å². The van der Waals surface area contributed by atoms with Crippen molar-refractivity contribution in [1.29, 1.82) is 0 Å². The number of para-hydroxylation sites is 1. The average Bonchev–Trinajstić information content (AvgIpc) is 2.39. The Morgan fingerprint density at radius 3 is 2.40 bits per heavy atom. The van der Waals surface area contributed by atoms with Crippen molar-refractivity contribution in [3.05, 3.63) is 30.1 Å². The van der Waals surface area contributed by atoms with Gasteiger partial charge in [0.25, 0.3) is 0 Å². The number of nitrogens with one attached hydrogen (secondary N) is 2. The molecular formula is C14H23FN2O2S. The first-order valence-electron chi connectivity index (χ1n) is 6.90. The summed E-state index contributed by atoms with van der Waals surface area (Å²) < 4.78 is 38.8. The van der Waals surface area contributed by atoms with E-state index >= 15 is 0 Å². The molecule has 0 amide bonds. The van der Waals surface area contributed by atoms with Crippen molar-refractivity contribution < 1.29 is 12.8 Å². The summed E-state index contributed by atoms with van der Waals surface area (Å²) >= 11 is 0. The van der Waals surface area contributed by atoms with Crippen molar-refractivity contribution in [2.24, 2.45) is 0 Å². The highest BCUT2D eigenvalue weighted by Crippen LogP contribution is 2.12. The normalized spacial score (nSPS) is 11.8. The summed E-state index contributed by atoms with van der Waals surface area (Å²) in [7, 11) is -3.15. The highest BCUT2D eigenvalue weighted by atomic mass is 32.2. The number of hydrogen-bond donors (Lipinski definition) is 2. The van der Waals surface area contributed by atoms with Crippen molar-refractivity contribution in [3.8, 4) is 0 Å². The summed E-state index contributed by atoms with van der Waals surface area (Å²) in [6.07, 6.45) is 2.55. The standard InChI is InChI=1S/C14H23FN2O2S/c1-12(2)20(18,19)17-11-7-3-6-10-16-14-9-5-4-8-13(14)15/h4-5,8-9,12,16-17H,3,6-7,10-11H2,1-2H3. The summed E-state index contributed by atoms with van der Waals surface area (Å²) in [4.78, 5) is 0. The molecule has 0 aliphatic heterocycles.